The van der Waals surface area contributed by atoms with E-state index in [1.165, 1.54) is 0 Å². The zero-order chi connectivity index (χ0) is 17.1. The molecule has 1 aliphatic rings. The molecule has 1 unspecified atom stereocenters. The number of carbonyl (C=O) groups is 1. The molecule has 8 nitrogen and oxygen atoms in total. The van der Waals surface area contributed by atoms with E-state index >= 15 is 0 Å². The topological polar surface area (TPSA) is 83.7 Å². The second-order valence-corrected chi connectivity index (χ2v) is 5.84. The zero-order valence-electron chi connectivity index (χ0n) is 14.0. The number of benzene rings is 1. The van der Waals surface area contributed by atoms with Crippen molar-refractivity contribution in [3.8, 4) is 5.75 Å². The molecule has 2 amide bonds. The van der Waals surface area contributed by atoms with Crippen molar-refractivity contribution in [2.24, 2.45) is 0 Å². The Balaban J connectivity index is 1.70. The van der Waals surface area contributed by atoms with E-state index in [0.29, 0.717) is 24.1 Å². The van der Waals surface area contributed by atoms with Gasteiger partial charge in [-0.15, -0.1) is 0 Å². The highest BCUT2D eigenvalue weighted by Gasteiger charge is 2.34. The Hall–Kier alpha value is -2.77. The molecule has 24 heavy (non-hydrogen) atoms. The fourth-order valence-corrected chi connectivity index (χ4v) is 2.68. The smallest absolute Gasteiger partial charge is 0.322 e. The van der Waals surface area contributed by atoms with E-state index in [-0.39, 0.29) is 12.1 Å². The predicted molar refractivity (Wildman–Crippen MR) is 89.3 cm³/mol. The van der Waals surface area contributed by atoms with Crippen molar-refractivity contribution in [1.29, 1.82) is 0 Å². The van der Waals surface area contributed by atoms with Crippen LogP contribution < -0.4 is 15.0 Å². The second-order valence-electron chi connectivity index (χ2n) is 5.84. The molecule has 1 N–H and O–H groups in total. The maximum absolute atomic E-state index is 12.6. The van der Waals surface area contributed by atoms with Crippen molar-refractivity contribution in [3.63, 3.8) is 0 Å². The third-order valence-corrected chi connectivity index (χ3v) is 3.97. The van der Waals surface area contributed by atoms with E-state index < -0.39 is 0 Å². The summed E-state index contributed by atoms with van der Waals surface area (Å²) in [6.45, 7) is 0.659. The Morgan fingerprint density at radius 2 is 2.12 bits per heavy atom. The van der Waals surface area contributed by atoms with Gasteiger partial charge in [-0.25, -0.2) is 4.79 Å². The highest BCUT2D eigenvalue weighted by Crippen LogP contribution is 2.32. The number of methoxy groups -OCH3 is 1. The van der Waals surface area contributed by atoms with Gasteiger partial charge in [-0.05, 0) is 42.3 Å². The number of hydrogen-bond acceptors (Lipinski definition) is 6. The van der Waals surface area contributed by atoms with Crippen molar-refractivity contribution in [1.82, 2.24) is 15.0 Å². The average Bonchev–Trinajstić information content (AvgIpc) is 3.24. The van der Waals surface area contributed by atoms with Crippen molar-refractivity contribution in [3.05, 3.63) is 30.2 Å². The van der Waals surface area contributed by atoms with Crippen molar-refractivity contribution in [2.75, 3.05) is 38.0 Å². The number of likely N-dealkylation sites (tertiary alicyclic amines) is 1. The van der Waals surface area contributed by atoms with Crippen LogP contribution in [-0.2, 0) is 0 Å². The lowest BCUT2D eigenvalue weighted by molar-refractivity contribution is 0.193. The van der Waals surface area contributed by atoms with Crippen LogP contribution in [0.1, 0.15) is 24.8 Å². The molecule has 0 bridgehead atoms. The first-order chi connectivity index (χ1) is 11.6. The van der Waals surface area contributed by atoms with E-state index in [9.17, 15) is 4.79 Å². The van der Waals surface area contributed by atoms with Crippen LogP contribution in [0.5, 0.6) is 5.75 Å². The van der Waals surface area contributed by atoms with Gasteiger partial charge >= 0.3 is 6.03 Å². The Bertz CT molecular complexity index is 698. The molecular formula is C16H21N5O3. The first-order valence-electron chi connectivity index (χ1n) is 7.81. The number of amides is 2. The van der Waals surface area contributed by atoms with Gasteiger partial charge < -0.3 is 24.4 Å². The fourth-order valence-electron chi connectivity index (χ4n) is 2.68. The first-order valence-corrected chi connectivity index (χ1v) is 7.81. The van der Waals surface area contributed by atoms with E-state index in [1.54, 1.807) is 41.2 Å². The highest BCUT2D eigenvalue weighted by atomic mass is 16.5. The van der Waals surface area contributed by atoms with Crippen LogP contribution in [0.4, 0.5) is 16.4 Å². The number of ether oxygens (including phenoxy) is 1. The van der Waals surface area contributed by atoms with Gasteiger partial charge in [0.05, 0.1) is 7.11 Å². The lowest BCUT2D eigenvalue weighted by Gasteiger charge is -2.22. The van der Waals surface area contributed by atoms with Crippen molar-refractivity contribution < 1.29 is 14.1 Å². The van der Waals surface area contributed by atoms with Crippen LogP contribution in [0, 0.1) is 0 Å². The molecule has 1 atom stereocenters. The molecule has 0 spiro atoms. The van der Waals surface area contributed by atoms with E-state index in [4.69, 9.17) is 9.26 Å². The molecule has 2 aromatic rings. The monoisotopic (exact) mass is 331 g/mol. The van der Waals surface area contributed by atoms with Gasteiger partial charge in [0.1, 0.15) is 11.8 Å². The molecule has 0 saturated carbocycles. The fraction of sp³-hybridized carbons (Fsp3) is 0.438. The largest absolute Gasteiger partial charge is 0.497 e. The minimum absolute atomic E-state index is 0.174. The number of nitrogens with zero attached hydrogens (tertiary/aromatic N) is 4. The number of carbonyl (C=O) groups excluding carboxylic acids is 1. The minimum Gasteiger partial charge on any atom is -0.497 e. The lowest BCUT2D eigenvalue weighted by Crippen LogP contribution is -2.34. The van der Waals surface area contributed by atoms with Gasteiger partial charge in [0.25, 0.3) is 11.8 Å². The first kappa shape index (κ1) is 16.1. The molecule has 2 heterocycles. The third kappa shape index (κ3) is 3.27. The van der Waals surface area contributed by atoms with Gasteiger partial charge in [0, 0.05) is 26.3 Å². The molecule has 128 valence electrons. The Labute approximate surface area is 140 Å². The number of nitrogens with one attached hydrogen (secondary N) is 1. The summed E-state index contributed by atoms with van der Waals surface area (Å²) < 4.78 is 10.4. The number of rotatable bonds is 4. The van der Waals surface area contributed by atoms with E-state index in [2.05, 4.69) is 15.5 Å². The molecule has 1 fully saturated rings. The molecule has 1 aromatic carbocycles. The van der Waals surface area contributed by atoms with Crippen molar-refractivity contribution >= 4 is 17.7 Å². The summed E-state index contributed by atoms with van der Waals surface area (Å²) in [4.78, 5) is 20.4. The normalized spacial score (nSPS) is 17.0. The molecular weight excluding hydrogens is 310 g/mol. The van der Waals surface area contributed by atoms with Gasteiger partial charge in [-0.2, -0.15) is 4.98 Å². The van der Waals surface area contributed by atoms with Crippen LogP contribution in [0.3, 0.4) is 0 Å². The summed E-state index contributed by atoms with van der Waals surface area (Å²) in [5, 5.41) is 6.82. The standard InChI is InChI=1S/C16H21N5O3/c1-20(2)15-18-14(24-19-15)13-5-4-10-21(13)16(22)17-11-6-8-12(23-3)9-7-11/h6-9,13H,4-5,10H2,1-3H3,(H,17,22). The summed E-state index contributed by atoms with van der Waals surface area (Å²) in [6, 6.07) is 6.85. The highest BCUT2D eigenvalue weighted by molar-refractivity contribution is 5.89. The number of urea groups is 1. The molecule has 1 aliphatic heterocycles. The SMILES string of the molecule is COc1ccc(NC(=O)N2CCCC2c2nc(N(C)C)no2)cc1. The molecule has 3 rings (SSSR count). The molecule has 8 heteroatoms. The summed E-state index contributed by atoms with van der Waals surface area (Å²) in [5.74, 6) is 1.72. The lowest BCUT2D eigenvalue weighted by atomic mass is 10.2. The molecule has 0 aliphatic carbocycles. The maximum atomic E-state index is 12.6. The van der Waals surface area contributed by atoms with Crippen LogP contribution in [0.15, 0.2) is 28.8 Å². The van der Waals surface area contributed by atoms with E-state index in [0.717, 1.165) is 18.6 Å². The quantitative estimate of drug-likeness (QED) is 0.927. The molecule has 1 aromatic heterocycles. The number of aromatic nitrogens is 2. The van der Waals surface area contributed by atoms with Crippen molar-refractivity contribution in [2.45, 2.75) is 18.9 Å². The minimum atomic E-state index is -0.190. The summed E-state index contributed by atoms with van der Waals surface area (Å²) in [6.07, 6.45) is 1.71. The predicted octanol–water partition coefficient (Wildman–Crippen LogP) is 2.51. The van der Waals surface area contributed by atoms with Crippen LogP contribution in [-0.4, -0.2) is 48.8 Å². The Kier molecular flexibility index (Phi) is 4.54. The van der Waals surface area contributed by atoms with Crippen LogP contribution >= 0.6 is 0 Å². The van der Waals surface area contributed by atoms with Crippen LogP contribution in [0.2, 0.25) is 0 Å². The third-order valence-electron chi connectivity index (χ3n) is 3.97. The average molecular weight is 331 g/mol. The maximum Gasteiger partial charge on any atom is 0.322 e. The number of anilines is 2. The van der Waals surface area contributed by atoms with Crippen LogP contribution in [0.25, 0.3) is 0 Å². The number of hydrogen-bond donors (Lipinski definition) is 1. The Morgan fingerprint density at radius 3 is 2.75 bits per heavy atom. The van der Waals surface area contributed by atoms with Gasteiger partial charge in [0.2, 0.25) is 0 Å². The summed E-state index contributed by atoms with van der Waals surface area (Å²) in [5.41, 5.74) is 0.714. The second kappa shape index (κ2) is 6.77. The molecule has 0 radical (unpaired) electrons. The summed E-state index contributed by atoms with van der Waals surface area (Å²) in [7, 11) is 5.30. The summed E-state index contributed by atoms with van der Waals surface area (Å²) >= 11 is 0. The molecule has 1 saturated heterocycles. The Morgan fingerprint density at radius 1 is 1.38 bits per heavy atom. The van der Waals surface area contributed by atoms with Gasteiger partial charge in [-0.3, -0.25) is 0 Å². The van der Waals surface area contributed by atoms with E-state index in [1.807, 2.05) is 14.1 Å². The zero-order valence-corrected chi connectivity index (χ0v) is 14.0. The van der Waals surface area contributed by atoms with Gasteiger partial charge in [0.15, 0.2) is 0 Å². The van der Waals surface area contributed by atoms with Gasteiger partial charge in [-0.1, -0.05) is 0 Å².